The minimum Gasteiger partial charge on any atom is -0.497 e. The molecule has 1 aliphatic heterocycles. The lowest BCUT2D eigenvalue weighted by atomic mass is 9.89. The number of nitrogens with zero attached hydrogens (tertiary/aromatic N) is 1. The van der Waals surface area contributed by atoms with E-state index < -0.39 is 0 Å². The Morgan fingerprint density at radius 2 is 1.76 bits per heavy atom. The molecule has 0 aromatic heterocycles. The van der Waals surface area contributed by atoms with Gasteiger partial charge in [-0.25, -0.2) is 0 Å². The van der Waals surface area contributed by atoms with Gasteiger partial charge in [-0.3, -0.25) is 4.90 Å². The lowest BCUT2D eigenvalue weighted by molar-refractivity contribution is 0.226. The molecule has 1 saturated heterocycles. The molecule has 1 fully saturated rings. The Kier molecular flexibility index (Phi) is 7.94. The summed E-state index contributed by atoms with van der Waals surface area (Å²) in [5.41, 5.74) is 5.11. The molecule has 1 N–H and O–H groups in total. The van der Waals surface area contributed by atoms with Crippen LogP contribution >= 0.6 is 0 Å². The van der Waals surface area contributed by atoms with Crippen LogP contribution in [0.15, 0.2) is 72.4 Å². The third-order valence-corrected chi connectivity index (χ3v) is 5.71. The first-order chi connectivity index (χ1) is 14.2. The van der Waals surface area contributed by atoms with Crippen LogP contribution in [0.2, 0.25) is 0 Å². The highest BCUT2D eigenvalue weighted by molar-refractivity contribution is 5.66. The van der Waals surface area contributed by atoms with Crippen LogP contribution < -0.4 is 10.1 Å². The van der Waals surface area contributed by atoms with Crippen LogP contribution in [0, 0.1) is 0 Å². The average molecular weight is 391 g/mol. The fourth-order valence-corrected chi connectivity index (χ4v) is 3.98. The van der Waals surface area contributed by atoms with Gasteiger partial charge in [0.1, 0.15) is 5.75 Å². The highest BCUT2D eigenvalue weighted by Gasteiger charge is 2.21. The Morgan fingerprint density at radius 1 is 1.07 bits per heavy atom. The van der Waals surface area contributed by atoms with Crippen molar-refractivity contribution in [1.82, 2.24) is 10.2 Å². The summed E-state index contributed by atoms with van der Waals surface area (Å²) in [6.07, 6.45) is 7.92. The monoisotopic (exact) mass is 390 g/mol. The topological polar surface area (TPSA) is 24.5 Å². The molecule has 1 heterocycles. The summed E-state index contributed by atoms with van der Waals surface area (Å²) in [6.45, 7) is 7.56. The highest BCUT2D eigenvalue weighted by Crippen LogP contribution is 2.28. The third-order valence-electron chi connectivity index (χ3n) is 5.71. The van der Waals surface area contributed by atoms with Crippen LogP contribution in [-0.4, -0.2) is 31.6 Å². The van der Waals surface area contributed by atoms with Crippen molar-refractivity contribution in [1.29, 1.82) is 0 Å². The number of piperidine rings is 1. The van der Waals surface area contributed by atoms with Gasteiger partial charge in [-0.1, -0.05) is 49.4 Å². The van der Waals surface area contributed by atoms with Crippen LogP contribution in [0.3, 0.4) is 0 Å². The van der Waals surface area contributed by atoms with E-state index in [2.05, 4.69) is 78.7 Å². The number of hydrogen-bond donors (Lipinski definition) is 1. The van der Waals surface area contributed by atoms with Gasteiger partial charge >= 0.3 is 0 Å². The fourth-order valence-electron chi connectivity index (χ4n) is 3.98. The maximum absolute atomic E-state index is 5.29. The van der Waals surface area contributed by atoms with E-state index in [4.69, 9.17) is 4.74 Å². The smallest absolute Gasteiger partial charge is 0.118 e. The van der Waals surface area contributed by atoms with E-state index in [1.54, 1.807) is 7.11 Å². The van der Waals surface area contributed by atoms with Crippen LogP contribution in [0.5, 0.6) is 5.75 Å². The van der Waals surface area contributed by atoms with Gasteiger partial charge in [-0.2, -0.15) is 0 Å². The molecule has 2 aromatic rings. The SMILES string of the molecule is C/C=C(/CN1CCC(c2ccccc2)CC1)N/C(=C\CC)c1ccc(OC)cc1. The first kappa shape index (κ1) is 21.2. The molecule has 0 saturated carbocycles. The lowest BCUT2D eigenvalue weighted by Crippen LogP contribution is -2.36. The zero-order chi connectivity index (χ0) is 20.5. The quantitative estimate of drug-likeness (QED) is 0.615. The number of methoxy groups -OCH3 is 1. The standard InChI is InChI=1S/C26H34N2O/c1-4-9-26(23-12-14-25(29-3)15-13-23)27-24(5-2)20-28-18-16-22(17-19-28)21-10-7-6-8-11-21/h5-15,22,27H,4,16-20H2,1-3H3/b24-5-,26-9-. The minimum absolute atomic E-state index is 0.698. The summed E-state index contributed by atoms with van der Waals surface area (Å²) in [5.74, 6) is 1.58. The Bertz CT molecular complexity index is 800. The maximum atomic E-state index is 5.29. The molecule has 0 spiro atoms. The van der Waals surface area contributed by atoms with Crippen molar-refractivity contribution >= 4 is 5.70 Å². The van der Waals surface area contributed by atoms with E-state index in [0.29, 0.717) is 5.92 Å². The molecule has 3 rings (SSSR count). The summed E-state index contributed by atoms with van der Waals surface area (Å²) < 4.78 is 5.29. The predicted molar refractivity (Wildman–Crippen MR) is 123 cm³/mol. The van der Waals surface area contributed by atoms with E-state index >= 15 is 0 Å². The van der Waals surface area contributed by atoms with E-state index in [9.17, 15) is 0 Å². The first-order valence-corrected chi connectivity index (χ1v) is 10.8. The van der Waals surface area contributed by atoms with Gasteiger partial charge in [0.15, 0.2) is 0 Å². The third kappa shape index (κ3) is 5.98. The van der Waals surface area contributed by atoms with Crippen molar-refractivity contribution in [3.8, 4) is 5.75 Å². The molecule has 1 aliphatic rings. The van der Waals surface area contributed by atoms with Crippen LogP contribution in [-0.2, 0) is 0 Å². The largest absolute Gasteiger partial charge is 0.497 e. The zero-order valence-corrected chi connectivity index (χ0v) is 18.0. The summed E-state index contributed by atoms with van der Waals surface area (Å²) >= 11 is 0. The number of likely N-dealkylation sites (tertiary alicyclic amines) is 1. The number of ether oxygens (including phenoxy) is 1. The first-order valence-electron chi connectivity index (χ1n) is 10.8. The maximum Gasteiger partial charge on any atom is 0.118 e. The normalized spacial score (nSPS) is 16.7. The molecule has 0 radical (unpaired) electrons. The fraction of sp³-hybridized carbons (Fsp3) is 0.385. The number of nitrogens with one attached hydrogen (secondary N) is 1. The Morgan fingerprint density at radius 3 is 2.34 bits per heavy atom. The van der Waals surface area contributed by atoms with Crippen LogP contribution in [0.1, 0.15) is 50.2 Å². The molecule has 0 bridgehead atoms. The minimum atomic E-state index is 0.698. The van der Waals surface area contributed by atoms with E-state index in [-0.39, 0.29) is 0 Å². The predicted octanol–water partition coefficient (Wildman–Crippen LogP) is 5.82. The Balaban J connectivity index is 1.58. The lowest BCUT2D eigenvalue weighted by Gasteiger charge is -2.33. The van der Waals surface area contributed by atoms with Crippen LogP contribution in [0.4, 0.5) is 0 Å². The van der Waals surface area contributed by atoms with E-state index in [1.807, 2.05) is 12.1 Å². The summed E-state index contributed by atoms with van der Waals surface area (Å²) in [4.78, 5) is 2.57. The van der Waals surface area contributed by atoms with Crippen molar-refractivity contribution in [3.63, 3.8) is 0 Å². The van der Waals surface area contributed by atoms with Crippen molar-refractivity contribution in [2.24, 2.45) is 0 Å². The van der Waals surface area contributed by atoms with E-state index in [1.165, 1.54) is 35.4 Å². The molecule has 29 heavy (non-hydrogen) atoms. The second-order valence-electron chi connectivity index (χ2n) is 7.65. The van der Waals surface area contributed by atoms with Gasteiger partial charge in [-0.15, -0.1) is 0 Å². The molecule has 0 amide bonds. The second kappa shape index (κ2) is 10.9. The zero-order valence-electron chi connectivity index (χ0n) is 18.0. The van der Waals surface area contributed by atoms with Gasteiger partial charge in [-0.05, 0) is 80.6 Å². The average Bonchev–Trinajstić information content (AvgIpc) is 2.79. The number of rotatable bonds is 8. The molecule has 154 valence electrons. The Labute approximate surface area is 176 Å². The summed E-state index contributed by atoms with van der Waals surface area (Å²) in [6, 6.07) is 19.2. The number of hydrogen-bond acceptors (Lipinski definition) is 3. The molecule has 2 aromatic carbocycles. The molecule has 3 nitrogen and oxygen atoms in total. The van der Waals surface area contributed by atoms with Crippen molar-refractivity contribution in [2.45, 2.75) is 39.0 Å². The van der Waals surface area contributed by atoms with Crippen LogP contribution in [0.25, 0.3) is 5.70 Å². The van der Waals surface area contributed by atoms with E-state index in [0.717, 1.165) is 31.8 Å². The molecular weight excluding hydrogens is 356 g/mol. The summed E-state index contributed by atoms with van der Waals surface area (Å²) in [7, 11) is 1.70. The van der Waals surface area contributed by atoms with Gasteiger partial charge in [0, 0.05) is 17.9 Å². The number of allylic oxidation sites excluding steroid dienone is 2. The summed E-state index contributed by atoms with van der Waals surface area (Å²) in [5, 5.41) is 3.69. The van der Waals surface area contributed by atoms with Crippen molar-refractivity contribution in [3.05, 3.63) is 83.6 Å². The Hall–Kier alpha value is -2.52. The molecule has 0 unspecified atom stereocenters. The molecule has 3 heteroatoms. The number of benzene rings is 2. The van der Waals surface area contributed by atoms with Gasteiger partial charge in [0.2, 0.25) is 0 Å². The highest BCUT2D eigenvalue weighted by atomic mass is 16.5. The van der Waals surface area contributed by atoms with Crippen molar-refractivity contribution in [2.75, 3.05) is 26.7 Å². The molecule has 0 aliphatic carbocycles. The van der Waals surface area contributed by atoms with Gasteiger partial charge in [0.05, 0.1) is 7.11 Å². The van der Waals surface area contributed by atoms with Gasteiger partial charge < -0.3 is 10.1 Å². The molecule has 0 atom stereocenters. The van der Waals surface area contributed by atoms with Crippen molar-refractivity contribution < 1.29 is 4.74 Å². The van der Waals surface area contributed by atoms with Gasteiger partial charge in [0.25, 0.3) is 0 Å². The second-order valence-corrected chi connectivity index (χ2v) is 7.65. The molecular formula is C26H34N2O.